The molecule has 1 unspecified atom stereocenters. The minimum Gasteiger partial charge on any atom is -0.339 e. The van der Waals surface area contributed by atoms with Crippen LogP contribution in [-0.4, -0.2) is 36.5 Å². The molecule has 2 fully saturated rings. The summed E-state index contributed by atoms with van der Waals surface area (Å²) >= 11 is 3.40. The van der Waals surface area contributed by atoms with E-state index in [2.05, 4.69) is 21.2 Å². The van der Waals surface area contributed by atoms with Crippen LogP contribution in [0.5, 0.6) is 0 Å². The number of carbonyl (C=O) groups excluding carboxylic acids is 1. The van der Waals surface area contributed by atoms with Crippen molar-refractivity contribution >= 4 is 21.8 Å². The molecule has 0 spiro atoms. The lowest BCUT2D eigenvalue weighted by Gasteiger charge is -2.35. The maximum Gasteiger partial charge on any atom is 0.253 e. The number of carbonyl (C=O) groups is 1. The lowest BCUT2D eigenvalue weighted by molar-refractivity contribution is 0.0674. The van der Waals surface area contributed by atoms with Crippen molar-refractivity contribution in [3.8, 4) is 0 Å². The average molecular weight is 337 g/mol. The summed E-state index contributed by atoms with van der Waals surface area (Å²) in [7, 11) is 0. The van der Waals surface area contributed by atoms with Gasteiger partial charge in [0.2, 0.25) is 0 Å². The topological polar surface area (TPSA) is 32.3 Å². The molecule has 0 saturated carbocycles. The largest absolute Gasteiger partial charge is 0.339 e. The van der Waals surface area contributed by atoms with Gasteiger partial charge in [0.05, 0.1) is 0 Å². The molecule has 1 N–H and O–H groups in total. The molecule has 2 aliphatic rings. The third kappa shape index (κ3) is 3.07. The van der Waals surface area contributed by atoms with Crippen LogP contribution in [0, 0.1) is 5.92 Å². The van der Waals surface area contributed by atoms with Crippen molar-refractivity contribution in [2.75, 3.05) is 19.6 Å². The molecule has 0 aromatic heterocycles. The van der Waals surface area contributed by atoms with Crippen LogP contribution in [0.15, 0.2) is 28.7 Å². The Morgan fingerprint density at radius 2 is 1.85 bits per heavy atom. The van der Waals surface area contributed by atoms with Crippen LogP contribution in [0.3, 0.4) is 0 Å². The molecule has 1 atom stereocenters. The highest BCUT2D eigenvalue weighted by Gasteiger charge is 2.30. The number of benzene rings is 1. The van der Waals surface area contributed by atoms with Crippen LogP contribution >= 0.6 is 15.9 Å². The summed E-state index contributed by atoms with van der Waals surface area (Å²) in [5, 5.41) is 3.60. The molecule has 2 saturated heterocycles. The van der Waals surface area contributed by atoms with Gasteiger partial charge in [-0.15, -0.1) is 0 Å². The number of halogens is 1. The molecular formula is C16H21BrN2O. The number of likely N-dealkylation sites (tertiary alicyclic amines) is 1. The van der Waals surface area contributed by atoms with Crippen molar-refractivity contribution in [3.05, 3.63) is 34.3 Å². The first-order valence-electron chi connectivity index (χ1n) is 7.52. The van der Waals surface area contributed by atoms with Gasteiger partial charge in [0.25, 0.3) is 5.91 Å². The van der Waals surface area contributed by atoms with Gasteiger partial charge in [-0.3, -0.25) is 4.79 Å². The van der Waals surface area contributed by atoms with E-state index >= 15 is 0 Å². The van der Waals surface area contributed by atoms with E-state index in [1.54, 1.807) is 0 Å². The number of nitrogens with zero attached hydrogens (tertiary/aromatic N) is 1. The lowest BCUT2D eigenvalue weighted by atomic mass is 9.88. The number of hydrogen-bond donors (Lipinski definition) is 1. The molecule has 1 aromatic rings. The standard InChI is InChI=1S/C16H21BrN2O/c17-14-5-3-13(4-6-14)16(20)19-10-7-12(8-11-19)15-2-1-9-18-15/h3-6,12,15,18H,1-2,7-11H2. The van der Waals surface area contributed by atoms with Crippen LogP contribution in [0.4, 0.5) is 0 Å². The predicted molar refractivity (Wildman–Crippen MR) is 83.8 cm³/mol. The van der Waals surface area contributed by atoms with Crippen molar-refractivity contribution < 1.29 is 4.79 Å². The van der Waals surface area contributed by atoms with Crippen molar-refractivity contribution in [1.82, 2.24) is 10.2 Å². The first-order chi connectivity index (χ1) is 9.74. The first kappa shape index (κ1) is 14.1. The molecule has 2 heterocycles. The normalized spacial score (nSPS) is 24.1. The van der Waals surface area contributed by atoms with E-state index in [4.69, 9.17) is 0 Å². The maximum atomic E-state index is 12.4. The van der Waals surface area contributed by atoms with E-state index < -0.39 is 0 Å². The SMILES string of the molecule is O=C(c1ccc(Br)cc1)N1CCC(C2CCCN2)CC1. The highest BCUT2D eigenvalue weighted by atomic mass is 79.9. The van der Waals surface area contributed by atoms with E-state index in [1.807, 2.05) is 29.2 Å². The summed E-state index contributed by atoms with van der Waals surface area (Å²) in [6.07, 6.45) is 4.90. The molecule has 3 nitrogen and oxygen atoms in total. The Morgan fingerprint density at radius 3 is 2.45 bits per heavy atom. The van der Waals surface area contributed by atoms with Crippen molar-refractivity contribution in [3.63, 3.8) is 0 Å². The summed E-state index contributed by atoms with van der Waals surface area (Å²) in [6, 6.07) is 8.36. The molecule has 20 heavy (non-hydrogen) atoms. The molecule has 1 aromatic carbocycles. The minimum absolute atomic E-state index is 0.176. The van der Waals surface area contributed by atoms with Crippen molar-refractivity contribution in [2.24, 2.45) is 5.92 Å². The lowest BCUT2D eigenvalue weighted by Crippen LogP contribution is -2.43. The fraction of sp³-hybridized carbons (Fsp3) is 0.562. The molecule has 3 rings (SSSR count). The summed E-state index contributed by atoms with van der Waals surface area (Å²) in [4.78, 5) is 14.4. The Labute approximate surface area is 128 Å². The average Bonchev–Trinajstić information content (AvgIpc) is 3.02. The monoisotopic (exact) mass is 336 g/mol. The molecule has 2 aliphatic heterocycles. The number of piperidine rings is 1. The fourth-order valence-electron chi connectivity index (χ4n) is 3.39. The van der Waals surface area contributed by atoms with Gasteiger partial charge < -0.3 is 10.2 Å². The van der Waals surface area contributed by atoms with Gasteiger partial charge in [-0.1, -0.05) is 15.9 Å². The fourth-order valence-corrected chi connectivity index (χ4v) is 3.66. The van der Waals surface area contributed by atoms with Gasteiger partial charge in [0.1, 0.15) is 0 Å². The summed E-state index contributed by atoms with van der Waals surface area (Å²) in [5.74, 6) is 0.932. The summed E-state index contributed by atoms with van der Waals surface area (Å²) in [6.45, 7) is 2.97. The number of nitrogens with one attached hydrogen (secondary N) is 1. The summed E-state index contributed by atoms with van der Waals surface area (Å²) < 4.78 is 1.01. The third-order valence-electron chi connectivity index (χ3n) is 4.59. The van der Waals surface area contributed by atoms with E-state index in [0.717, 1.165) is 41.9 Å². The van der Waals surface area contributed by atoms with E-state index in [9.17, 15) is 4.79 Å². The highest BCUT2D eigenvalue weighted by Crippen LogP contribution is 2.26. The second-order valence-electron chi connectivity index (χ2n) is 5.84. The van der Waals surface area contributed by atoms with Crippen LogP contribution in [-0.2, 0) is 0 Å². The Kier molecular flexibility index (Phi) is 4.41. The third-order valence-corrected chi connectivity index (χ3v) is 5.11. The molecule has 0 aliphatic carbocycles. The number of hydrogen-bond acceptors (Lipinski definition) is 2. The van der Waals surface area contributed by atoms with Crippen LogP contribution in [0.2, 0.25) is 0 Å². The number of rotatable bonds is 2. The Morgan fingerprint density at radius 1 is 1.15 bits per heavy atom. The van der Waals surface area contributed by atoms with E-state index in [-0.39, 0.29) is 5.91 Å². The van der Waals surface area contributed by atoms with Gasteiger partial charge in [-0.2, -0.15) is 0 Å². The maximum absolute atomic E-state index is 12.4. The van der Waals surface area contributed by atoms with Gasteiger partial charge in [-0.05, 0) is 62.4 Å². The molecule has 0 radical (unpaired) electrons. The molecular weight excluding hydrogens is 316 g/mol. The van der Waals surface area contributed by atoms with Gasteiger partial charge in [0, 0.05) is 29.2 Å². The van der Waals surface area contributed by atoms with Gasteiger partial charge in [0.15, 0.2) is 0 Å². The molecule has 0 bridgehead atoms. The zero-order chi connectivity index (χ0) is 13.9. The minimum atomic E-state index is 0.176. The van der Waals surface area contributed by atoms with Crippen LogP contribution < -0.4 is 5.32 Å². The highest BCUT2D eigenvalue weighted by molar-refractivity contribution is 9.10. The quantitative estimate of drug-likeness (QED) is 0.900. The predicted octanol–water partition coefficient (Wildman–Crippen LogP) is 3.05. The Hall–Kier alpha value is -0.870. The Bertz CT molecular complexity index is 460. The van der Waals surface area contributed by atoms with Gasteiger partial charge >= 0.3 is 0 Å². The van der Waals surface area contributed by atoms with Crippen LogP contribution in [0.1, 0.15) is 36.0 Å². The van der Waals surface area contributed by atoms with Gasteiger partial charge in [-0.25, -0.2) is 0 Å². The summed E-state index contributed by atoms with van der Waals surface area (Å²) in [5.41, 5.74) is 0.797. The second kappa shape index (κ2) is 6.27. The molecule has 108 valence electrons. The zero-order valence-corrected chi connectivity index (χ0v) is 13.2. The smallest absolute Gasteiger partial charge is 0.253 e. The van der Waals surface area contributed by atoms with E-state index in [0.29, 0.717) is 6.04 Å². The second-order valence-corrected chi connectivity index (χ2v) is 6.76. The Balaban J connectivity index is 1.57. The van der Waals surface area contributed by atoms with E-state index in [1.165, 1.54) is 19.4 Å². The molecule has 4 heteroatoms. The number of amides is 1. The molecule has 1 amide bonds. The first-order valence-corrected chi connectivity index (χ1v) is 8.31. The van der Waals surface area contributed by atoms with Crippen molar-refractivity contribution in [2.45, 2.75) is 31.7 Å². The van der Waals surface area contributed by atoms with Crippen LogP contribution in [0.25, 0.3) is 0 Å². The zero-order valence-electron chi connectivity index (χ0n) is 11.6. The van der Waals surface area contributed by atoms with Crippen molar-refractivity contribution in [1.29, 1.82) is 0 Å².